The summed E-state index contributed by atoms with van der Waals surface area (Å²) in [4.78, 5) is 38.2. The molecule has 0 spiro atoms. The quantitative estimate of drug-likeness (QED) is 0.0261. The summed E-state index contributed by atoms with van der Waals surface area (Å²) in [5.41, 5.74) is 0. The van der Waals surface area contributed by atoms with Crippen molar-refractivity contribution >= 4 is 17.9 Å². The van der Waals surface area contributed by atoms with Crippen LogP contribution in [0.5, 0.6) is 0 Å². The summed E-state index contributed by atoms with van der Waals surface area (Å²) in [5.74, 6) is -0.962. The van der Waals surface area contributed by atoms with E-state index in [1.165, 1.54) is 154 Å². The molecule has 0 aromatic carbocycles. The molecule has 71 heavy (non-hydrogen) atoms. The molecule has 0 saturated heterocycles. The van der Waals surface area contributed by atoms with Gasteiger partial charge in [0.15, 0.2) is 6.10 Å². The predicted molar refractivity (Wildman–Crippen MR) is 307 cm³/mol. The van der Waals surface area contributed by atoms with Gasteiger partial charge >= 0.3 is 17.9 Å². The van der Waals surface area contributed by atoms with Gasteiger partial charge in [-0.2, -0.15) is 0 Å². The second-order valence-electron chi connectivity index (χ2n) is 19.9. The maximum atomic E-state index is 12.8. The van der Waals surface area contributed by atoms with E-state index < -0.39 is 6.10 Å². The number of hydrogen-bond donors (Lipinski definition) is 0. The molecule has 0 aromatic rings. The number of unbranched alkanes of at least 4 members (excludes halogenated alkanes) is 29. The Morgan fingerprint density at radius 2 is 0.507 bits per heavy atom. The molecule has 0 saturated carbocycles. The van der Waals surface area contributed by atoms with Gasteiger partial charge < -0.3 is 14.2 Å². The van der Waals surface area contributed by atoms with E-state index in [9.17, 15) is 14.4 Å². The van der Waals surface area contributed by atoms with E-state index in [2.05, 4.69) is 106 Å². The number of rotatable bonds is 54. The van der Waals surface area contributed by atoms with Crippen molar-refractivity contribution < 1.29 is 28.6 Å². The molecule has 0 aliphatic heterocycles. The van der Waals surface area contributed by atoms with Crippen LogP contribution in [0.1, 0.15) is 290 Å². The van der Waals surface area contributed by atoms with Crippen LogP contribution in [-0.4, -0.2) is 37.2 Å². The summed E-state index contributed by atoms with van der Waals surface area (Å²) in [6, 6.07) is 0. The zero-order valence-electron chi connectivity index (χ0n) is 46.7. The molecule has 0 amide bonds. The average Bonchev–Trinajstić information content (AvgIpc) is 3.37. The molecule has 6 nitrogen and oxygen atoms in total. The van der Waals surface area contributed by atoms with Crippen LogP contribution in [0.25, 0.3) is 0 Å². The van der Waals surface area contributed by atoms with Gasteiger partial charge in [-0.1, -0.05) is 254 Å². The molecule has 0 heterocycles. The highest BCUT2D eigenvalue weighted by molar-refractivity contribution is 5.71. The van der Waals surface area contributed by atoms with Gasteiger partial charge in [0.2, 0.25) is 0 Å². The van der Waals surface area contributed by atoms with Gasteiger partial charge in [-0.3, -0.25) is 14.4 Å². The van der Waals surface area contributed by atoms with Gasteiger partial charge in [0, 0.05) is 19.3 Å². The Labute approximate surface area is 439 Å². The summed E-state index contributed by atoms with van der Waals surface area (Å²) in [6.07, 6.45) is 77.2. The topological polar surface area (TPSA) is 78.9 Å². The van der Waals surface area contributed by atoms with Crippen LogP contribution in [0, 0.1) is 0 Å². The van der Waals surface area contributed by atoms with Crippen LogP contribution in [0.3, 0.4) is 0 Å². The highest BCUT2D eigenvalue weighted by Crippen LogP contribution is 2.16. The highest BCUT2D eigenvalue weighted by Gasteiger charge is 2.19. The van der Waals surface area contributed by atoms with E-state index in [1.54, 1.807) is 0 Å². The second-order valence-corrected chi connectivity index (χ2v) is 19.9. The number of hydrogen-bond acceptors (Lipinski definition) is 6. The summed E-state index contributed by atoms with van der Waals surface area (Å²) < 4.78 is 16.8. The largest absolute Gasteiger partial charge is 0.462 e. The second kappa shape index (κ2) is 59.2. The maximum Gasteiger partial charge on any atom is 0.306 e. The van der Waals surface area contributed by atoms with Crippen molar-refractivity contribution in [2.24, 2.45) is 0 Å². The molecular weight excluding hydrogens is 877 g/mol. The molecule has 0 rings (SSSR count). The van der Waals surface area contributed by atoms with E-state index in [1.807, 2.05) is 0 Å². The van der Waals surface area contributed by atoms with Crippen LogP contribution in [0.2, 0.25) is 0 Å². The van der Waals surface area contributed by atoms with E-state index >= 15 is 0 Å². The van der Waals surface area contributed by atoms with E-state index in [0.717, 1.165) is 89.9 Å². The van der Waals surface area contributed by atoms with E-state index in [0.29, 0.717) is 19.3 Å². The van der Waals surface area contributed by atoms with Crippen molar-refractivity contribution in [2.75, 3.05) is 13.2 Å². The lowest BCUT2D eigenvalue weighted by molar-refractivity contribution is -0.167. The fourth-order valence-electron chi connectivity index (χ4n) is 8.32. The van der Waals surface area contributed by atoms with Gasteiger partial charge in [0.1, 0.15) is 13.2 Å². The third kappa shape index (κ3) is 57.4. The molecular formula is C65H112O6. The Hall–Kier alpha value is -3.41. The number of esters is 3. The third-order valence-electron chi connectivity index (χ3n) is 12.9. The molecule has 0 aliphatic carbocycles. The Morgan fingerprint density at radius 3 is 0.845 bits per heavy atom. The fraction of sp³-hybridized carbons (Fsp3) is 0.738. The molecule has 6 heteroatoms. The Balaban J connectivity index is 4.45. The lowest BCUT2D eigenvalue weighted by Gasteiger charge is -2.18. The first kappa shape index (κ1) is 67.6. The number of allylic oxidation sites excluding steroid dienone is 14. The van der Waals surface area contributed by atoms with Crippen LogP contribution < -0.4 is 0 Å². The van der Waals surface area contributed by atoms with Gasteiger partial charge in [-0.15, -0.1) is 0 Å². The van der Waals surface area contributed by atoms with Crippen molar-refractivity contribution in [3.8, 4) is 0 Å². The van der Waals surface area contributed by atoms with Crippen molar-refractivity contribution in [1.82, 2.24) is 0 Å². The normalized spacial score (nSPS) is 12.7. The average molecular weight is 990 g/mol. The zero-order valence-corrected chi connectivity index (χ0v) is 46.7. The van der Waals surface area contributed by atoms with Crippen molar-refractivity contribution in [2.45, 2.75) is 297 Å². The first-order chi connectivity index (χ1) is 35.0. The molecule has 0 radical (unpaired) electrons. The van der Waals surface area contributed by atoms with E-state index in [-0.39, 0.29) is 37.5 Å². The molecule has 1 atom stereocenters. The van der Waals surface area contributed by atoms with Gasteiger partial charge in [0.25, 0.3) is 0 Å². The van der Waals surface area contributed by atoms with Crippen LogP contribution in [-0.2, 0) is 28.6 Å². The van der Waals surface area contributed by atoms with Gasteiger partial charge in [0.05, 0.1) is 0 Å². The minimum atomic E-state index is -0.809. The molecule has 0 N–H and O–H groups in total. The van der Waals surface area contributed by atoms with Crippen LogP contribution in [0.4, 0.5) is 0 Å². The molecule has 0 fully saturated rings. The monoisotopic (exact) mass is 989 g/mol. The molecule has 0 bridgehead atoms. The number of carbonyl (C=O) groups excluding carboxylic acids is 3. The lowest BCUT2D eigenvalue weighted by atomic mass is 10.0. The minimum absolute atomic E-state index is 0.100. The maximum absolute atomic E-state index is 12.8. The SMILES string of the molecule is CCCCC/C=C\C/C=C\C/C=C\C/C=C\CCCCCC(=O)OC[C@H](COC(=O)CCCCCCCCCCCCCCCCCCCCC)OC(=O)CCCC/C=C\C/C=C\C/C=C\CCCCC. The zero-order chi connectivity index (χ0) is 51.4. The minimum Gasteiger partial charge on any atom is -0.462 e. The van der Waals surface area contributed by atoms with Gasteiger partial charge in [-0.05, 0) is 103 Å². The Bertz CT molecular complexity index is 1370. The third-order valence-corrected chi connectivity index (χ3v) is 12.9. The predicted octanol–water partition coefficient (Wildman–Crippen LogP) is 20.3. The smallest absolute Gasteiger partial charge is 0.306 e. The fourth-order valence-corrected chi connectivity index (χ4v) is 8.32. The summed E-state index contributed by atoms with van der Waals surface area (Å²) >= 11 is 0. The van der Waals surface area contributed by atoms with Crippen LogP contribution >= 0.6 is 0 Å². The van der Waals surface area contributed by atoms with E-state index in [4.69, 9.17) is 14.2 Å². The highest BCUT2D eigenvalue weighted by atomic mass is 16.6. The summed E-state index contributed by atoms with van der Waals surface area (Å²) in [5, 5.41) is 0. The van der Waals surface area contributed by atoms with Crippen molar-refractivity contribution in [1.29, 1.82) is 0 Å². The van der Waals surface area contributed by atoms with Crippen LogP contribution in [0.15, 0.2) is 85.1 Å². The lowest BCUT2D eigenvalue weighted by Crippen LogP contribution is -2.30. The first-order valence-electron chi connectivity index (χ1n) is 30.1. The van der Waals surface area contributed by atoms with Crippen molar-refractivity contribution in [3.63, 3.8) is 0 Å². The molecule has 0 aromatic heterocycles. The van der Waals surface area contributed by atoms with Crippen molar-refractivity contribution in [3.05, 3.63) is 85.1 Å². The summed E-state index contributed by atoms with van der Waals surface area (Å²) in [6.45, 7) is 6.55. The standard InChI is InChI=1S/C65H112O6/c1-4-7-10-13-16-19-22-25-28-30-32-34-37-39-42-45-48-51-54-57-63(66)69-60-62(71-65(68)59-56-53-50-47-44-41-36-27-24-21-18-15-12-9-6-3)61-70-64(67)58-55-52-49-46-43-40-38-35-33-31-29-26-23-20-17-14-11-8-5-2/h16,18-19,21,25,27-28,32,34,36,39,42,44,47,62H,4-15,17,20,22-24,26,29-31,33,35,37-38,40-41,43,45-46,48-61H2,1-3H3/b19-16-,21-18-,28-25-,34-32-,36-27-,42-39-,47-44-/t62-/m1/s1. The summed E-state index contributed by atoms with van der Waals surface area (Å²) in [7, 11) is 0. The molecule has 0 unspecified atom stereocenters. The number of ether oxygens (including phenoxy) is 3. The molecule has 0 aliphatic rings. The molecule has 408 valence electrons. The Morgan fingerprint density at radius 1 is 0.282 bits per heavy atom. The van der Waals surface area contributed by atoms with Gasteiger partial charge in [-0.25, -0.2) is 0 Å². The number of carbonyl (C=O) groups is 3. The first-order valence-corrected chi connectivity index (χ1v) is 30.1. The Kier molecular flexibility index (Phi) is 56.3.